The van der Waals surface area contributed by atoms with Gasteiger partial charge in [-0.25, -0.2) is 14.8 Å². The molecule has 5 heteroatoms. The Kier molecular flexibility index (Phi) is 1.51. The van der Waals surface area contributed by atoms with Gasteiger partial charge < -0.3 is 9.52 Å². The van der Waals surface area contributed by atoms with Crippen LogP contribution < -0.4 is 0 Å². The van der Waals surface area contributed by atoms with Crippen LogP contribution in [0.5, 0.6) is 0 Å². The Balaban J connectivity index is 2.85. The maximum absolute atomic E-state index is 10.7. The van der Waals surface area contributed by atoms with Gasteiger partial charge in [0.1, 0.15) is 17.6 Å². The fourth-order valence-electron chi connectivity index (χ4n) is 1.17. The number of carbonyl (C=O) groups is 1. The number of carboxylic acids is 1. The molecule has 0 radical (unpaired) electrons. The maximum Gasteiger partial charge on any atom is 0.374 e. The van der Waals surface area contributed by atoms with Gasteiger partial charge in [-0.1, -0.05) is 0 Å². The van der Waals surface area contributed by atoms with Crippen molar-refractivity contribution in [3.05, 3.63) is 24.0 Å². The zero-order valence-corrected chi connectivity index (χ0v) is 6.81. The molecule has 0 aliphatic carbocycles. The average molecular weight is 178 g/mol. The highest BCUT2D eigenvalue weighted by atomic mass is 16.4. The van der Waals surface area contributed by atoms with E-state index < -0.39 is 5.97 Å². The topological polar surface area (TPSA) is 76.2 Å². The van der Waals surface area contributed by atoms with E-state index in [0.717, 1.165) is 0 Å². The minimum absolute atomic E-state index is 0.130. The number of aromatic nitrogens is 2. The molecule has 1 N–H and O–H groups in total. The molecule has 0 bridgehead atoms. The lowest BCUT2D eigenvalue weighted by molar-refractivity contribution is 0.0663. The van der Waals surface area contributed by atoms with Crippen molar-refractivity contribution < 1.29 is 14.3 Å². The maximum atomic E-state index is 10.7. The first-order valence-corrected chi connectivity index (χ1v) is 3.62. The third-order valence-corrected chi connectivity index (χ3v) is 1.76. The summed E-state index contributed by atoms with van der Waals surface area (Å²) in [5.41, 5.74) is 0.347. The molecule has 0 saturated heterocycles. The van der Waals surface area contributed by atoms with Crippen LogP contribution in [0.1, 0.15) is 16.3 Å². The molecule has 5 nitrogen and oxygen atoms in total. The Morgan fingerprint density at radius 1 is 1.62 bits per heavy atom. The van der Waals surface area contributed by atoms with Crippen molar-refractivity contribution in [2.45, 2.75) is 6.92 Å². The standard InChI is InChI=1S/C8H6N2O3/c1-4-5-2-9-3-10-6(5)7(13-4)8(11)12/h2-3H,1H3,(H,11,12). The lowest BCUT2D eigenvalue weighted by Crippen LogP contribution is -1.94. The fraction of sp³-hybridized carbons (Fsp3) is 0.125. The molecule has 0 fully saturated rings. The van der Waals surface area contributed by atoms with Gasteiger partial charge in [0.2, 0.25) is 5.76 Å². The minimum Gasteiger partial charge on any atom is -0.475 e. The SMILES string of the molecule is Cc1oc(C(=O)O)c2ncncc12. The van der Waals surface area contributed by atoms with Gasteiger partial charge >= 0.3 is 5.97 Å². The van der Waals surface area contributed by atoms with Gasteiger partial charge in [-0.05, 0) is 6.92 Å². The number of hydrogen-bond donors (Lipinski definition) is 1. The van der Waals surface area contributed by atoms with E-state index >= 15 is 0 Å². The second kappa shape index (κ2) is 2.55. The smallest absolute Gasteiger partial charge is 0.374 e. The van der Waals surface area contributed by atoms with Gasteiger partial charge in [-0.3, -0.25) is 0 Å². The molecule has 2 rings (SSSR count). The normalized spacial score (nSPS) is 10.5. The lowest BCUT2D eigenvalue weighted by Gasteiger charge is -1.86. The zero-order valence-electron chi connectivity index (χ0n) is 6.81. The van der Waals surface area contributed by atoms with Crippen molar-refractivity contribution in [2.75, 3.05) is 0 Å². The van der Waals surface area contributed by atoms with Crippen LogP contribution in [0.3, 0.4) is 0 Å². The highest BCUT2D eigenvalue weighted by Gasteiger charge is 2.17. The molecule has 0 spiro atoms. The van der Waals surface area contributed by atoms with Crippen molar-refractivity contribution in [3.63, 3.8) is 0 Å². The molecule has 0 aromatic carbocycles. The van der Waals surface area contributed by atoms with Gasteiger partial charge in [0, 0.05) is 6.20 Å². The number of fused-ring (bicyclic) bond motifs is 1. The summed E-state index contributed by atoms with van der Waals surface area (Å²) >= 11 is 0. The van der Waals surface area contributed by atoms with Crippen molar-refractivity contribution in [1.82, 2.24) is 9.97 Å². The van der Waals surface area contributed by atoms with E-state index in [2.05, 4.69) is 9.97 Å². The molecule has 13 heavy (non-hydrogen) atoms. The Hall–Kier alpha value is -1.91. The molecule has 2 heterocycles. The van der Waals surface area contributed by atoms with Gasteiger partial charge in [-0.2, -0.15) is 0 Å². The largest absolute Gasteiger partial charge is 0.475 e. The molecule has 0 aliphatic heterocycles. The third-order valence-electron chi connectivity index (χ3n) is 1.76. The van der Waals surface area contributed by atoms with Crippen molar-refractivity contribution in [1.29, 1.82) is 0 Å². The molecule has 2 aromatic rings. The van der Waals surface area contributed by atoms with Crippen molar-refractivity contribution >= 4 is 16.9 Å². The monoisotopic (exact) mass is 178 g/mol. The molecular formula is C8H6N2O3. The third kappa shape index (κ3) is 1.05. The van der Waals surface area contributed by atoms with Crippen molar-refractivity contribution in [3.8, 4) is 0 Å². The van der Waals surface area contributed by atoms with Crippen LogP contribution in [-0.4, -0.2) is 21.0 Å². The molecule has 0 aliphatic rings. The van der Waals surface area contributed by atoms with Crippen LogP contribution in [0.2, 0.25) is 0 Å². The Morgan fingerprint density at radius 2 is 2.38 bits per heavy atom. The van der Waals surface area contributed by atoms with Crippen molar-refractivity contribution in [2.24, 2.45) is 0 Å². The highest BCUT2D eigenvalue weighted by molar-refractivity contribution is 5.99. The second-order valence-electron chi connectivity index (χ2n) is 2.58. The number of furan rings is 1. The van der Waals surface area contributed by atoms with E-state index in [1.807, 2.05) is 0 Å². The molecule has 0 amide bonds. The number of nitrogens with zero attached hydrogens (tertiary/aromatic N) is 2. The van der Waals surface area contributed by atoms with Gasteiger partial charge in [0.15, 0.2) is 0 Å². The summed E-state index contributed by atoms with van der Waals surface area (Å²) in [5.74, 6) is -0.722. The summed E-state index contributed by atoms with van der Waals surface area (Å²) in [6.45, 7) is 1.68. The number of carboxylic acid groups (broad SMARTS) is 1. The highest BCUT2D eigenvalue weighted by Crippen LogP contribution is 2.21. The van der Waals surface area contributed by atoms with Gasteiger partial charge in [0.05, 0.1) is 5.39 Å². The van der Waals surface area contributed by atoms with E-state index in [0.29, 0.717) is 16.7 Å². The van der Waals surface area contributed by atoms with E-state index in [1.165, 1.54) is 12.5 Å². The number of hydrogen-bond acceptors (Lipinski definition) is 4. The first-order chi connectivity index (χ1) is 6.20. The van der Waals surface area contributed by atoms with Crippen LogP contribution in [0.15, 0.2) is 16.9 Å². The summed E-state index contributed by atoms with van der Waals surface area (Å²) in [6.07, 6.45) is 2.83. The van der Waals surface area contributed by atoms with E-state index in [1.54, 1.807) is 6.92 Å². The predicted octanol–water partition coefficient (Wildman–Crippen LogP) is 1.23. The van der Waals surface area contributed by atoms with Crippen LogP contribution in [-0.2, 0) is 0 Å². The molecule has 0 unspecified atom stereocenters. The zero-order chi connectivity index (χ0) is 9.42. The fourth-order valence-corrected chi connectivity index (χ4v) is 1.17. The lowest BCUT2D eigenvalue weighted by atomic mass is 10.3. The molecule has 66 valence electrons. The van der Waals surface area contributed by atoms with Crippen LogP contribution in [0.4, 0.5) is 0 Å². The number of aromatic carboxylic acids is 1. The summed E-state index contributed by atoms with van der Waals surface area (Å²) in [4.78, 5) is 18.3. The molecular weight excluding hydrogens is 172 g/mol. The number of rotatable bonds is 1. The van der Waals surface area contributed by atoms with Crippen LogP contribution in [0.25, 0.3) is 10.9 Å². The van der Waals surface area contributed by atoms with E-state index in [4.69, 9.17) is 9.52 Å². The first kappa shape index (κ1) is 7.72. The predicted molar refractivity (Wildman–Crippen MR) is 43.5 cm³/mol. The summed E-state index contributed by atoms with van der Waals surface area (Å²) < 4.78 is 5.02. The molecule has 2 aromatic heterocycles. The quantitative estimate of drug-likeness (QED) is 0.710. The van der Waals surface area contributed by atoms with E-state index in [9.17, 15) is 4.79 Å². The minimum atomic E-state index is -1.11. The molecule has 0 saturated carbocycles. The van der Waals surface area contributed by atoms with Gasteiger partial charge in [0.25, 0.3) is 0 Å². The second-order valence-corrected chi connectivity index (χ2v) is 2.58. The Labute approximate surface area is 73.0 Å². The summed E-state index contributed by atoms with van der Waals surface area (Å²) in [5, 5.41) is 9.38. The van der Waals surface area contributed by atoms with Crippen LogP contribution >= 0.6 is 0 Å². The summed E-state index contributed by atoms with van der Waals surface area (Å²) in [7, 11) is 0. The average Bonchev–Trinajstić information content (AvgIpc) is 2.45. The number of aryl methyl sites for hydroxylation is 1. The summed E-state index contributed by atoms with van der Waals surface area (Å²) in [6, 6.07) is 0. The first-order valence-electron chi connectivity index (χ1n) is 3.62. The van der Waals surface area contributed by atoms with E-state index in [-0.39, 0.29) is 5.76 Å². The Morgan fingerprint density at radius 3 is 3.08 bits per heavy atom. The Bertz CT molecular complexity index is 475. The molecule has 0 atom stereocenters. The van der Waals surface area contributed by atoms with Gasteiger partial charge in [-0.15, -0.1) is 0 Å². The van der Waals surface area contributed by atoms with Crippen LogP contribution in [0, 0.1) is 6.92 Å².